The zero-order valence-electron chi connectivity index (χ0n) is 14.2. The Morgan fingerprint density at radius 2 is 2.08 bits per heavy atom. The van der Waals surface area contributed by atoms with E-state index in [4.69, 9.17) is 14.2 Å². The third-order valence-corrected chi connectivity index (χ3v) is 4.32. The van der Waals surface area contributed by atoms with Crippen molar-refractivity contribution in [3.05, 3.63) is 48.5 Å². The van der Waals surface area contributed by atoms with Crippen LogP contribution in [0.25, 0.3) is 11.2 Å². The molecular formula is C18H18N4O4. The number of esters is 1. The molecule has 0 saturated carbocycles. The summed E-state index contributed by atoms with van der Waals surface area (Å²) in [5.41, 5.74) is 1.78. The topological polar surface area (TPSA) is 88.4 Å². The van der Waals surface area contributed by atoms with Gasteiger partial charge in [-0.1, -0.05) is 18.2 Å². The fourth-order valence-electron chi connectivity index (χ4n) is 3.03. The van der Waals surface area contributed by atoms with Crippen molar-refractivity contribution in [2.45, 2.75) is 25.2 Å². The van der Waals surface area contributed by atoms with E-state index in [1.54, 1.807) is 37.7 Å². The van der Waals surface area contributed by atoms with Crippen LogP contribution < -0.4 is 4.74 Å². The maximum absolute atomic E-state index is 12.0. The molecule has 1 fully saturated rings. The number of ether oxygens (including phenoxy) is 3. The van der Waals surface area contributed by atoms with E-state index in [-0.39, 0.29) is 24.9 Å². The van der Waals surface area contributed by atoms with Gasteiger partial charge in [0.1, 0.15) is 19.2 Å². The van der Waals surface area contributed by atoms with Gasteiger partial charge in [0.2, 0.25) is 5.88 Å². The predicted molar refractivity (Wildman–Crippen MR) is 91.7 cm³/mol. The Labute approximate surface area is 149 Å². The molecular weight excluding hydrogens is 336 g/mol. The highest BCUT2D eigenvalue weighted by Crippen LogP contribution is 2.31. The summed E-state index contributed by atoms with van der Waals surface area (Å²) in [5.74, 6) is 0.0864. The van der Waals surface area contributed by atoms with E-state index >= 15 is 0 Å². The molecule has 2 atom stereocenters. The van der Waals surface area contributed by atoms with Gasteiger partial charge in [0.05, 0.1) is 25.1 Å². The lowest BCUT2D eigenvalue weighted by Gasteiger charge is -2.15. The van der Waals surface area contributed by atoms with Crippen LogP contribution in [-0.2, 0) is 9.47 Å². The van der Waals surface area contributed by atoms with E-state index in [0.29, 0.717) is 22.6 Å². The van der Waals surface area contributed by atoms with Gasteiger partial charge in [0.25, 0.3) is 0 Å². The molecule has 1 unspecified atom stereocenters. The first-order valence-electron chi connectivity index (χ1n) is 8.35. The minimum atomic E-state index is -0.344. The van der Waals surface area contributed by atoms with Crippen LogP contribution in [0.15, 0.2) is 43.0 Å². The largest absolute Gasteiger partial charge is 0.479 e. The smallest absolute Gasteiger partial charge is 0.338 e. The average Bonchev–Trinajstić information content (AvgIpc) is 3.33. The highest BCUT2D eigenvalue weighted by Gasteiger charge is 2.29. The Balaban J connectivity index is 1.40. The number of hydrogen-bond donors (Lipinski definition) is 0. The van der Waals surface area contributed by atoms with Gasteiger partial charge in [-0.25, -0.2) is 14.8 Å². The fraction of sp³-hybridized carbons (Fsp3) is 0.333. The standard InChI is InChI=1S/C18H18N4O4/c1-24-17-15-16(19-10-20-17)22(11-21-15)14-8-7-13(26-14)9-25-18(23)12-5-3-2-4-6-12/h2-6,10-11,13-14H,7-9H2,1H3/t13-,14?/m0/s1. The molecule has 1 aliphatic heterocycles. The van der Waals surface area contributed by atoms with Crippen molar-refractivity contribution >= 4 is 17.1 Å². The Morgan fingerprint density at radius 1 is 1.23 bits per heavy atom. The molecule has 0 spiro atoms. The fourth-order valence-corrected chi connectivity index (χ4v) is 3.03. The van der Waals surface area contributed by atoms with E-state index in [0.717, 1.165) is 12.8 Å². The van der Waals surface area contributed by atoms with Crippen molar-refractivity contribution in [2.75, 3.05) is 13.7 Å². The summed E-state index contributed by atoms with van der Waals surface area (Å²) in [6.45, 7) is 0.217. The molecule has 26 heavy (non-hydrogen) atoms. The zero-order chi connectivity index (χ0) is 17.9. The summed E-state index contributed by atoms with van der Waals surface area (Å²) in [7, 11) is 1.55. The molecule has 0 amide bonds. The number of carbonyl (C=O) groups is 1. The van der Waals surface area contributed by atoms with Gasteiger partial charge in [-0.15, -0.1) is 0 Å². The normalized spacial score (nSPS) is 19.6. The molecule has 2 aromatic heterocycles. The SMILES string of the molecule is COc1ncnc2c1ncn2C1CC[C@@H](COC(=O)c2ccccc2)O1. The van der Waals surface area contributed by atoms with Gasteiger partial charge < -0.3 is 14.2 Å². The number of nitrogens with zero attached hydrogens (tertiary/aromatic N) is 4. The first kappa shape index (κ1) is 16.5. The van der Waals surface area contributed by atoms with Crippen molar-refractivity contribution in [1.29, 1.82) is 0 Å². The van der Waals surface area contributed by atoms with Crippen molar-refractivity contribution < 1.29 is 19.0 Å². The highest BCUT2D eigenvalue weighted by atomic mass is 16.6. The first-order valence-corrected chi connectivity index (χ1v) is 8.35. The molecule has 8 heteroatoms. The van der Waals surface area contributed by atoms with E-state index in [9.17, 15) is 4.79 Å². The minimum Gasteiger partial charge on any atom is -0.479 e. The molecule has 0 bridgehead atoms. The van der Waals surface area contributed by atoms with Crippen LogP contribution in [0.3, 0.4) is 0 Å². The summed E-state index contributed by atoms with van der Waals surface area (Å²) in [5, 5.41) is 0. The second-order valence-corrected chi connectivity index (χ2v) is 5.96. The Morgan fingerprint density at radius 3 is 2.88 bits per heavy atom. The van der Waals surface area contributed by atoms with Crippen LogP contribution in [0.5, 0.6) is 5.88 Å². The molecule has 0 aliphatic carbocycles. The van der Waals surface area contributed by atoms with Crippen molar-refractivity contribution in [1.82, 2.24) is 19.5 Å². The quantitative estimate of drug-likeness (QED) is 0.650. The van der Waals surface area contributed by atoms with Crippen LogP contribution in [0.2, 0.25) is 0 Å². The molecule has 3 heterocycles. The van der Waals surface area contributed by atoms with Gasteiger partial charge in [0, 0.05) is 0 Å². The number of imidazole rings is 1. The first-order chi connectivity index (χ1) is 12.8. The summed E-state index contributed by atoms with van der Waals surface area (Å²) >= 11 is 0. The molecule has 4 rings (SSSR count). The van der Waals surface area contributed by atoms with Gasteiger partial charge in [0.15, 0.2) is 11.2 Å². The maximum Gasteiger partial charge on any atom is 0.338 e. The van der Waals surface area contributed by atoms with Crippen molar-refractivity contribution in [2.24, 2.45) is 0 Å². The van der Waals surface area contributed by atoms with Crippen molar-refractivity contribution in [3.63, 3.8) is 0 Å². The maximum atomic E-state index is 12.0. The van der Waals surface area contributed by atoms with Crippen LogP contribution in [0, 0.1) is 0 Å². The lowest BCUT2D eigenvalue weighted by atomic mass is 10.2. The van der Waals surface area contributed by atoms with Crippen molar-refractivity contribution in [3.8, 4) is 5.88 Å². The predicted octanol–water partition coefficient (Wildman–Crippen LogP) is 2.37. The molecule has 8 nitrogen and oxygen atoms in total. The molecule has 0 N–H and O–H groups in total. The van der Waals surface area contributed by atoms with Crippen LogP contribution >= 0.6 is 0 Å². The summed E-state index contributed by atoms with van der Waals surface area (Å²) in [6, 6.07) is 8.92. The zero-order valence-corrected chi connectivity index (χ0v) is 14.2. The second kappa shape index (κ2) is 7.09. The Bertz CT molecular complexity index is 912. The number of methoxy groups -OCH3 is 1. The Kier molecular flexibility index (Phi) is 4.49. The lowest BCUT2D eigenvalue weighted by Crippen LogP contribution is -2.19. The number of aromatic nitrogens is 4. The molecule has 1 saturated heterocycles. The highest BCUT2D eigenvalue weighted by molar-refractivity contribution is 5.89. The number of rotatable bonds is 5. The molecule has 134 valence electrons. The van der Waals surface area contributed by atoms with Gasteiger partial charge >= 0.3 is 5.97 Å². The van der Waals surface area contributed by atoms with E-state index in [1.165, 1.54) is 6.33 Å². The number of benzene rings is 1. The van der Waals surface area contributed by atoms with Gasteiger partial charge in [-0.3, -0.25) is 4.57 Å². The molecule has 0 radical (unpaired) electrons. The molecule has 3 aromatic rings. The summed E-state index contributed by atoms with van der Waals surface area (Å²) in [6.07, 6.45) is 4.31. The van der Waals surface area contributed by atoms with Crippen LogP contribution in [0.4, 0.5) is 0 Å². The van der Waals surface area contributed by atoms with E-state index in [2.05, 4.69) is 15.0 Å². The minimum absolute atomic E-state index is 0.158. The number of fused-ring (bicyclic) bond motifs is 1. The second-order valence-electron chi connectivity index (χ2n) is 5.96. The van der Waals surface area contributed by atoms with Crippen LogP contribution in [-0.4, -0.2) is 45.3 Å². The van der Waals surface area contributed by atoms with E-state index < -0.39 is 0 Å². The third kappa shape index (κ3) is 3.11. The van der Waals surface area contributed by atoms with E-state index in [1.807, 2.05) is 10.6 Å². The third-order valence-electron chi connectivity index (χ3n) is 4.32. The van der Waals surface area contributed by atoms with Gasteiger partial charge in [-0.2, -0.15) is 4.98 Å². The number of carbonyl (C=O) groups excluding carboxylic acids is 1. The van der Waals surface area contributed by atoms with Crippen LogP contribution in [0.1, 0.15) is 29.4 Å². The monoisotopic (exact) mass is 354 g/mol. The molecule has 1 aliphatic rings. The van der Waals surface area contributed by atoms with Gasteiger partial charge in [-0.05, 0) is 25.0 Å². The Hall–Kier alpha value is -3.00. The molecule has 1 aromatic carbocycles. The number of hydrogen-bond acceptors (Lipinski definition) is 7. The lowest BCUT2D eigenvalue weighted by molar-refractivity contribution is -0.0309. The summed E-state index contributed by atoms with van der Waals surface area (Å²) < 4.78 is 18.5. The summed E-state index contributed by atoms with van der Waals surface area (Å²) in [4.78, 5) is 24.7. The average molecular weight is 354 g/mol.